The summed E-state index contributed by atoms with van der Waals surface area (Å²) >= 11 is 0. The highest BCUT2D eigenvalue weighted by atomic mass is 16.3. The van der Waals surface area contributed by atoms with E-state index in [1.54, 1.807) is 37.2 Å². The minimum atomic E-state index is -0.0872. The summed E-state index contributed by atoms with van der Waals surface area (Å²) in [6.07, 6.45) is 1.88. The van der Waals surface area contributed by atoms with E-state index in [4.69, 9.17) is 5.73 Å². The molecule has 0 aromatic heterocycles. The zero-order valence-corrected chi connectivity index (χ0v) is 11.5. The maximum Gasteiger partial charge on any atom is 0.239 e. The highest BCUT2D eigenvalue weighted by molar-refractivity contribution is 5.81. The van der Waals surface area contributed by atoms with E-state index < -0.39 is 0 Å². The standard InChI is InChI=1S/C14H21N3O2/c1-16(2)14(19)12-4-3-7-17(12)9-10-8-11(15)5-6-13(10)18/h5-6,8,12,18H,3-4,7,9,15H2,1-2H3. The van der Waals surface area contributed by atoms with Crippen molar-refractivity contribution in [2.75, 3.05) is 26.4 Å². The Balaban J connectivity index is 2.13. The first-order valence-corrected chi connectivity index (χ1v) is 6.51. The molecule has 1 aromatic rings. The number of nitrogen functional groups attached to an aromatic ring is 1. The number of carbonyl (C=O) groups is 1. The van der Waals surface area contributed by atoms with Gasteiger partial charge >= 0.3 is 0 Å². The predicted octanol–water partition coefficient (Wildman–Crippen LogP) is 1.03. The van der Waals surface area contributed by atoms with Crippen LogP contribution in [0.25, 0.3) is 0 Å². The number of nitrogens with two attached hydrogens (primary N) is 1. The topological polar surface area (TPSA) is 69.8 Å². The van der Waals surface area contributed by atoms with Crippen LogP contribution in [0.5, 0.6) is 5.75 Å². The molecule has 0 aliphatic carbocycles. The van der Waals surface area contributed by atoms with Crippen molar-refractivity contribution in [1.29, 1.82) is 0 Å². The summed E-state index contributed by atoms with van der Waals surface area (Å²) in [6, 6.07) is 4.95. The lowest BCUT2D eigenvalue weighted by atomic mass is 10.1. The number of likely N-dealkylation sites (tertiary alicyclic amines) is 1. The third-order valence-electron chi connectivity index (χ3n) is 3.57. The molecule has 0 bridgehead atoms. The second-order valence-electron chi connectivity index (χ2n) is 5.25. The summed E-state index contributed by atoms with van der Waals surface area (Å²) in [5.74, 6) is 0.359. The maximum absolute atomic E-state index is 12.1. The number of phenolic OH excluding ortho intramolecular Hbond substituents is 1. The molecule has 1 heterocycles. The quantitative estimate of drug-likeness (QED) is 0.631. The monoisotopic (exact) mass is 263 g/mol. The number of rotatable bonds is 3. The van der Waals surface area contributed by atoms with Crippen LogP contribution in [-0.2, 0) is 11.3 Å². The Morgan fingerprint density at radius 3 is 2.95 bits per heavy atom. The molecule has 1 amide bonds. The van der Waals surface area contributed by atoms with Gasteiger partial charge in [-0.15, -0.1) is 0 Å². The fourth-order valence-electron chi connectivity index (χ4n) is 2.54. The lowest BCUT2D eigenvalue weighted by Gasteiger charge is -2.26. The Morgan fingerprint density at radius 1 is 1.53 bits per heavy atom. The van der Waals surface area contributed by atoms with Crippen LogP contribution >= 0.6 is 0 Å². The van der Waals surface area contributed by atoms with Gasteiger partial charge in [-0.2, -0.15) is 0 Å². The number of carbonyl (C=O) groups excluding carboxylic acids is 1. The van der Waals surface area contributed by atoms with E-state index in [1.165, 1.54) is 0 Å². The smallest absolute Gasteiger partial charge is 0.239 e. The third kappa shape index (κ3) is 2.98. The molecule has 1 aliphatic heterocycles. The molecule has 1 aromatic carbocycles. The minimum absolute atomic E-state index is 0.0872. The third-order valence-corrected chi connectivity index (χ3v) is 3.57. The van der Waals surface area contributed by atoms with Crippen LogP contribution in [-0.4, -0.2) is 47.5 Å². The van der Waals surface area contributed by atoms with E-state index in [1.807, 2.05) is 0 Å². The van der Waals surface area contributed by atoms with Gasteiger partial charge in [-0.05, 0) is 37.6 Å². The van der Waals surface area contributed by atoms with E-state index in [0.717, 1.165) is 24.9 Å². The Labute approximate surface area is 113 Å². The van der Waals surface area contributed by atoms with Gasteiger partial charge in [0.2, 0.25) is 5.91 Å². The molecule has 0 radical (unpaired) electrons. The first-order chi connectivity index (χ1) is 8.99. The van der Waals surface area contributed by atoms with Gasteiger partial charge in [0.25, 0.3) is 0 Å². The number of anilines is 1. The van der Waals surface area contributed by atoms with E-state index >= 15 is 0 Å². The van der Waals surface area contributed by atoms with Crippen molar-refractivity contribution >= 4 is 11.6 Å². The van der Waals surface area contributed by atoms with Gasteiger partial charge < -0.3 is 15.7 Å². The summed E-state index contributed by atoms with van der Waals surface area (Å²) in [6.45, 7) is 1.43. The second-order valence-corrected chi connectivity index (χ2v) is 5.25. The number of phenols is 1. The van der Waals surface area contributed by atoms with E-state index in [0.29, 0.717) is 12.2 Å². The van der Waals surface area contributed by atoms with Gasteiger partial charge in [-0.1, -0.05) is 0 Å². The van der Waals surface area contributed by atoms with Crippen molar-refractivity contribution < 1.29 is 9.90 Å². The van der Waals surface area contributed by atoms with E-state index in [9.17, 15) is 9.90 Å². The van der Waals surface area contributed by atoms with Gasteiger partial charge in [0.15, 0.2) is 0 Å². The summed E-state index contributed by atoms with van der Waals surface area (Å²) in [7, 11) is 3.55. The molecule has 1 aliphatic rings. The first-order valence-electron chi connectivity index (χ1n) is 6.51. The molecule has 0 saturated carbocycles. The number of hydrogen-bond acceptors (Lipinski definition) is 4. The highest BCUT2D eigenvalue weighted by Gasteiger charge is 2.31. The average Bonchev–Trinajstić information content (AvgIpc) is 2.81. The Kier molecular flexibility index (Phi) is 3.95. The van der Waals surface area contributed by atoms with E-state index in [2.05, 4.69) is 4.90 Å². The Bertz CT molecular complexity index is 474. The molecule has 5 nitrogen and oxygen atoms in total. The zero-order chi connectivity index (χ0) is 14.0. The highest BCUT2D eigenvalue weighted by Crippen LogP contribution is 2.26. The molecule has 3 N–H and O–H groups in total. The molecular formula is C14H21N3O2. The van der Waals surface area contributed by atoms with Crippen LogP contribution in [0, 0.1) is 0 Å². The average molecular weight is 263 g/mol. The van der Waals surface area contributed by atoms with Gasteiger partial charge in [0, 0.05) is 31.9 Å². The summed E-state index contributed by atoms with van der Waals surface area (Å²) in [4.78, 5) is 15.8. The van der Waals surface area contributed by atoms with Crippen LogP contribution in [0.2, 0.25) is 0 Å². The molecule has 5 heteroatoms. The SMILES string of the molecule is CN(C)C(=O)C1CCCN1Cc1cc(N)ccc1O. The molecule has 1 saturated heterocycles. The molecular weight excluding hydrogens is 242 g/mol. The molecule has 1 unspecified atom stereocenters. The fraction of sp³-hybridized carbons (Fsp3) is 0.500. The molecule has 2 rings (SSSR count). The Morgan fingerprint density at radius 2 is 2.26 bits per heavy atom. The Hall–Kier alpha value is -1.75. The maximum atomic E-state index is 12.1. The van der Waals surface area contributed by atoms with Crippen molar-refractivity contribution in [2.45, 2.75) is 25.4 Å². The largest absolute Gasteiger partial charge is 0.508 e. The van der Waals surface area contributed by atoms with Crippen LogP contribution < -0.4 is 5.73 Å². The molecule has 19 heavy (non-hydrogen) atoms. The normalized spacial score (nSPS) is 19.6. The first kappa shape index (κ1) is 13.7. The number of benzene rings is 1. The van der Waals surface area contributed by atoms with Crippen LogP contribution in [0.15, 0.2) is 18.2 Å². The van der Waals surface area contributed by atoms with E-state index in [-0.39, 0.29) is 17.7 Å². The van der Waals surface area contributed by atoms with Gasteiger partial charge in [-0.25, -0.2) is 0 Å². The molecule has 104 valence electrons. The van der Waals surface area contributed by atoms with Crippen molar-refractivity contribution in [3.8, 4) is 5.75 Å². The van der Waals surface area contributed by atoms with Crippen LogP contribution in [0.1, 0.15) is 18.4 Å². The van der Waals surface area contributed by atoms with Crippen molar-refractivity contribution in [1.82, 2.24) is 9.80 Å². The number of nitrogens with zero attached hydrogens (tertiary/aromatic N) is 2. The van der Waals surface area contributed by atoms with Gasteiger partial charge in [-0.3, -0.25) is 9.69 Å². The van der Waals surface area contributed by atoms with Crippen molar-refractivity contribution in [3.63, 3.8) is 0 Å². The van der Waals surface area contributed by atoms with Crippen LogP contribution in [0.3, 0.4) is 0 Å². The number of hydrogen-bond donors (Lipinski definition) is 2. The van der Waals surface area contributed by atoms with Gasteiger partial charge in [0.1, 0.15) is 5.75 Å². The van der Waals surface area contributed by atoms with Crippen molar-refractivity contribution in [2.24, 2.45) is 0 Å². The summed E-state index contributed by atoms with van der Waals surface area (Å²) in [5.41, 5.74) is 7.14. The predicted molar refractivity (Wildman–Crippen MR) is 74.6 cm³/mol. The van der Waals surface area contributed by atoms with Crippen LogP contribution in [0.4, 0.5) is 5.69 Å². The molecule has 1 fully saturated rings. The fourth-order valence-corrected chi connectivity index (χ4v) is 2.54. The zero-order valence-electron chi connectivity index (χ0n) is 11.5. The summed E-state index contributed by atoms with van der Waals surface area (Å²) in [5, 5.41) is 9.85. The lowest BCUT2D eigenvalue weighted by Crippen LogP contribution is -2.42. The number of aromatic hydroxyl groups is 1. The minimum Gasteiger partial charge on any atom is -0.508 e. The molecule has 1 atom stereocenters. The summed E-state index contributed by atoms with van der Waals surface area (Å²) < 4.78 is 0. The number of amides is 1. The molecule has 0 spiro atoms. The number of likely N-dealkylation sites (N-methyl/N-ethyl adjacent to an activating group) is 1. The lowest BCUT2D eigenvalue weighted by molar-refractivity contribution is -0.133. The van der Waals surface area contributed by atoms with Crippen molar-refractivity contribution in [3.05, 3.63) is 23.8 Å². The second kappa shape index (κ2) is 5.48. The van der Waals surface area contributed by atoms with Gasteiger partial charge in [0.05, 0.1) is 6.04 Å².